The van der Waals surface area contributed by atoms with Gasteiger partial charge < -0.3 is 19.9 Å². The third-order valence-electron chi connectivity index (χ3n) is 5.77. The molecule has 9 nitrogen and oxygen atoms in total. The average Bonchev–Trinajstić information content (AvgIpc) is 2.83. The number of Topliss-reactive ketones (excluding diaryl/α,β-unsaturated/α-hetero) is 1. The van der Waals surface area contributed by atoms with Gasteiger partial charge in [-0.3, -0.25) is 19.5 Å². The molecule has 9 heteroatoms. The molecule has 3 heterocycles. The number of fused-ring (bicyclic) bond motifs is 1. The predicted molar refractivity (Wildman–Crippen MR) is 128 cm³/mol. The Morgan fingerprint density at radius 1 is 1.24 bits per heavy atom. The van der Waals surface area contributed by atoms with Crippen molar-refractivity contribution >= 4 is 23.8 Å². The highest BCUT2D eigenvalue weighted by molar-refractivity contribution is 5.98. The van der Waals surface area contributed by atoms with Crippen LogP contribution in [0.4, 0.5) is 5.69 Å². The Hall–Kier alpha value is -3.30. The SMILES string of the molecule is C=O.CCCC1=CNN(C)c2c1nc(-c1cc(C(=O)CN3CCOCC3)ccc1C)[nH]c2=O. The molecule has 1 fully saturated rings. The number of aromatic nitrogens is 2. The van der Waals surface area contributed by atoms with Crippen LogP contribution in [0.1, 0.15) is 41.4 Å². The second kappa shape index (κ2) is 11.0. The van der Waals surface area contributed by atoms with Crippen molar-refractivity contribution in [2.24, 2.45) is 0 Å². The fourth-order valence-electron chi connectivity index (χ4n) is 4.00. The number of carbonyl (C=O) groups excluding carboxylic acids is 2. The number of hydrogen-bond acceptors (Lipinski definition) is 8. The summed E-state index contributed by atoms with van der Waals surface area (Å²) in [5, 5.41) is 1.68. The van der Waals surface area contributed by atoms with Gasteiger partial charge in [0.2, 0.25) is 0 Å². The summed E-state index contributed by atoms with van der Waals surface area (Å²) in [4.78, 5) is 43.7. The zero-order valence-corrected chi connectivity index (χ0v) is 19.4. The minimum Gasteiger partial charge on any atom is -0.379 e. The maximum absolute atomic E-state index is 12.9. The lowest BCUT2D eigenvalue weighted by atomic mass is 10.0. The number of H-pyrrole nitrogens is 1. The van der Waals surface area contributed by atoms with Gasteiger partial charge >= 0.3 is 0 Å². The minimum absolute atomic E-state index is 0.0546. The van der Waals surface area contributed by atoms with Crippen LogP contribution in [0.5, 0.6) is 0 Å². The van der Waals surface area contributed by atoms with E-state index in [1.54, 1.807) is 12.1 Å². The molecule has 2 N–H and O–H groups in total. The molecule has 2 aromatic rings. The molecule has 33 heavy (non-hydrogen) atoms. The first-order valence-electron chi connectivity index (χ1n) is 11.0. The smallest absolute Gasteiger partial charge is 0.277 e. The molecule has 1 saturated heterocycles. The van der Waals surface area contributed by atoms with E-state index in [1.807, 2.05) is 38.1 Å². The van der Waals surface area contributed by atoms with Gasteiger partial charge in [0.15, 0.2) is 5.78 Å². The summed E-state index contributed by atoms with van der Waals surface area (Å²) in [6.45, 7) is 9.26. The van der Waals surface area contributed by atoms with Crippen molar-refractivity contribution in [3.8, 4) is 11.4 Å². The molecule has 0 amide bonds. The topological polar surface area (TPSA) is 108 Å². The fourth-order valence-corrected chi connectivity index (χ4v) is 4.00. The number of anilines is 1. The number of rotatable bonds is 6. The van der Waals surface area contributed by atoms with Gasteiger partial charge in [-0.2, -0.15) is 0 Å². The van der Waals surface area contributed by atoms with Crippen LogP contribution in [0.15, 0.2) is 29.2 Å². The van der Waals surface area contributed by atoms with Crippen molar-refractivity contribution in [1.82, 2.24) is 20.3 Å². The Balaban J connectivity index is 0.00000149. The monoisotopic (exact) mass is 453 g/mol. The lowest BCUT2D eigenvalue weighted by Crippen LogP contribution is -2.39. The van der Waals surface area contributed by atoms with Crippen molar-refractivity contribution in [3.05, 3.63) is 51.6 Å². The number of benzene rings is 1. The number of aromatic amines is 1. The summed E-state index contributed by atoms with van der Waals surface area (Å²) in [5.74, 6) is 0.540. The molecular weight excluding hydrogens is 422 g/mol. The van der Waals surface area contributed by atoms with E-state index < -0.39 is 0 Å². The summed E-state index contributed by atoms with van der Waals surface area (Å²) in [6.07, 6.45) is 3.67. The number of ketones is 1. The number of ether oxygens (including phenoxy) is 1. The molecule has 0 spiro atoms. The quantitative estimate of drug-likeness (QED) is 0.641. The Morgan fingerprint density at radius 3 is 2.67 bits per heavy atom. The van der Waals surface area contributed by atoms with Crippen LogP contribution in [0.25, 0.3) is 17.0 Å². The molecule has 2 aliphatic rings. The first kappa shape index (κ1) is 24.3. The average molecular weight is 454 g/mol. The third-order valence-corrected chi connectivity index (χ3v) is 5.77. The maximum Gasteiger partial charge on any atom is 0.277 e. The van der Waals surface area contributed by atoms with Crippen molar-refractivity contribution < 1.29 is 14.3 Å². The Labute approximate surface area is 193 Å². The number of allylic oxidation sites excluding steroid dienone is 1. The fraction of sp³-hybridized carbons (Fsp3) is 0.417. The number of carbonyl (C=O) groups is 2. The highest BCUT2D eigenvalue weighted by atomic mass is 16.5. The standard InChI is InChI=1S/C23H29N5O3.CH2O/c1-4-5-17-13-24-27(3)21-20(17)25-22(26-23(21)30)18-12-16(7-6-15(18)2)19(29)14-28-8-10-31-11-9-28;1-2/h6-7,12-13,24H,4-5,8-11,14H2,1-3H3,(H,25,26,30);1H2. The molecule has 1 aromatic carbocycles. The first-order valence-corrected chi connectivity index (χ1v) is 11.0. The van der Waals surface area contributed by atoms with Crippen LogP contribution < -0.4 is 16.0 Å². The molecule has 0 atom stereocenters. The Bertz CT molecular complexity index is 1090. The summed E-state index contributed by atoms with van der Waals surface area (Å²) in [6, 6.07) is 5.60. The zero-order chi connectivity index (χ0) is 24.0. The van der Waals surface area contributed by atoms with Crippen LogP contribution in [0, 0.1) is 6.92 Å². The van der Waals surface area contributed by atoms with E-state index in [-0.39, 0.29) is 11.3 Å². The molecular formula is C24H31N5O4. The normalized spacial score (nSPS) is 15.6. The van der Waals surface area contributed by atoms with E-state index in [1.165, 1.54) is 0 Å². The number of hydrazine groups is 1. The summed E-state index contributed by atoms with van der Waals surface area (Å²) in [7, 11) is 1.80. The molecule has 1 aromatic heterocycles. The second-order valence-electron chi connectivity index (χ2n) is 8.06. The lowest BCUT2D eigenvalue weighted by molar-refractivity contribution is -0.0980. The highest BCUT2D eigenvalue weighted by Gasteiger charge is 2.23. The van der Waals surface area contributed by atoms with Crippen LogP contribution >= 0.6 is 0 Å². The van der Waals surface area contributed by atoms with Crippen molar-refractivity contribution in [3.63, 3.8) is 0 Å². The van der Waals surface area contributed by atoms with E-state index in [0.29, 0.717) is 42.5 Å². The number of hydrogen-bond donors (Lipinski definition) is 2. The van der Waals surface area contributed by atoms with Gasteiger partial charge in [0.1, 0.15) is 24.0 Å². The summed E-state index contributed by atoms with van der Waals surface area (Å²) < 4.78 is 5.36. The Morgan fingerprint density at radius 2 is 1.97 bits per heavy atom. The molecule has 2 aliphatic heterocycles. The zero-order valence-electron chi connectivity index (χ0n) is 19.4. The third kappa shape index (κ3) is 5.37. The first-order chi connectivity index (χ1) is 16.0. The van der Waals surface area contributed by atoms with Gasteiger partial charge in [0.25, 0.3) is 5.56 Å². The Kier molecular flexibility index (Phi) is 8.13. The van der Waals surface area contributed by atoms with Crippen molar-refractivity contribution in [2.45, 2.75) is 26.7 Å². The van der Waals surface area contributed by atoms with E-state index in [2.05, 4.69) is 22.2 Å². The van der Waals surface area contributed by atoms with Crippen LogP contribution in [-0.2, 0) is 9.53 Å². The number of morpholine rings is 1. The maximum atomic E-state index is 12.9. The molecule has 0 unspecified atom stereocenters. The van der Waals surface area contributed by atoms with Crippen molar-refractivity contribution in [1.29, 1.82) is 0 Å². The van der Waals surface area contributed by atoms with Crippen molar-refractivity contribution in [2.75, 3.05) is 44.9 Å². The summed E-state index contributed by atoms with van der Waals surface area (Å²) >= 11 is 0. The molecule has 0 bridgehead atoms. The van der Waals surface area contributed by atoms with Gasteiger partial charge in [-0.05, 0) is 30.5 Å². The van der Waals surface area contributed by atoms with Gasteiger partial charge in [0, 0.05) is 37.5 Å². The van der Waals surface area contributed by atoms with E-state index in [4.69, 9.17) is 14.5 Å². The van der Waals surface area contributed by atoms with Gasteiger partial charge in [0.05, 0.1) is 19.8 Å². The molecule has 176 valence electrons. The lowest BCUT2D eigenvalue weighted by Gasteiger charge is -2.27. The molecule has 4 rings (SSSR count). The number of nitrogens with one attached hydrogen (secondary N) is 2. The van der Waals surface area contributed by atoms with Gasteiger partial charge in [-0.15, -0.1) is 0 Å². The molecule has 0 aliphatic carbocycles. The van der Waals surface area contributed by atoms with E-state index in [9.17, 15) is 9.59 Å². The highest BCUT2D eigenvalue weighted by Crippen LogP contribution is 2.30. The minimum atomic E-state index is -0.207. The van der Waals surface area contributed by atoms with E-state index in [0.717, 1.165) is 42.6 Å². The van der Waals surface area contributed by atoms with E-state index >= 15 is 0 Å². The molecule has 0 saturated carbocycles. The predicted octanol–water partition coefficient (Wildman–Crippen LogP) is 2.17. The van der Waals surface area contributed by atoms with Gasteiger partial charge in [-0.25, -0.2) is 4.98 Å². The van der Waals surface area contributed by atoms with Crippen LogP contribution in [0.2, 0.25) is 0 Å². The van der Waals surface area contributed by atoms with Gasteiger partial charge in [-0.1, -0.05) is 25.5 Å². The largest absolute Gasteiger partial charge is 0.379 e. The van der Waals surface area contributed by atoms with Crippen LogP contribution in [0.3, 0.4) is 0 Å². The molecule has 0 radical (unpaired) electrons. The van der Waals surface area contributed by atoms with Crippen LogP contribution in [-0.4, -0.2) is 67.3 Å². The number of nitrogens with zero attached hydrogens (tertiary/aromatic N) is 3. The second-order valence-corrected chi connectivity index (χ2v) is 8.06. The number of aryl methyl sites for hydroxylation is 1. The summed E-state index contributed by atoms with van der Waals surface area (Å²) in [5.41, 5.74) is 7.43.